The van der Waals surface area contributed by atoms with Crippen molar-refractivity contribution in [2.45, 2.75) is 0 Å². The van der Waals surface area contributed by atoms with Crippen LogP contribution >= 0.6 is 11.3 Å². The third kappa shape index (κ3) is 9.02. The SMILES string of the molecule is c1ccc(-c2nc(-c3ccc(-c4nc5ccccc5c5oc6cc(-c7ccc(-c8nc(-c9ccc(-c%10nc%11ccccc%11c%11oc%12ccccc%12c%10%11)c%10ccccc9%10)nc(-c9cccc%10oc%11ccccc%11c9%10)n8)cc7)ccc6c45)c4ccccc34)nc(-c3cccc4c3sc3ccccc34)n2)cc1. The van der Waals surface area contributed by atoms with Crippen LogP contribution in [0.1, 0.15) is 0 Å². The minimum Gasteiger partial charge on any atom is -0.456 e. The molecule has 0 aliphatic heterocycles. The van der Waals surface area contributed by atoms with Crippen LogP contribution in [-0.2, 0) is 0 Å². The number of hydrogen-bond donors (Lipinski definition) is 0. The normalized spacial score (nSPS) is 12.0. The number of hydrogen-bond acceptors (Lipinski definition) is 12. The van der Waals surface area contributed by atoms with Gasteiger partial charge in [-0.3, -0.25) is 0 Å². The predicted octanol–water partition coefficient (Wildman–Crippen LogP) is 24.5. The maximum Gasteiger partial charge on any atom is 0.165 e. The zero-order valence-electron chi connectivity index (χ0n) is 55.1. The number of rotatable bonds is 9. The number of benzene rings is 14. The van der Waals surface area contributed by atoms with Gasteiger partial charge in [-0.15, -0.1) is 11.3 Å². The van der Waals surface area contributed by atoms with Crippen molar-refractivity contribution < 1.29 is 13.3 Å². The Kier molecular flexibility index (Phi) is 12.7. The lowest BCUT2D eigenvalue weighted by molar-refractivity contribution is 0.669. The number of para-hydroxylation sites is 4. The van der Waals surface area contributed by atoms with Crippen molar-refractivity contribution in [2.75, 3.05) is 0 Å². The third-order valence-electron chi connectivity index (χ3n) is 20.4. The second-order valence-electron chi connectivity index (χ2n) is 26.3. The Morgan fingerprint density at radius 3 is 1.24 bits per heavy atom. The molecule has 0 aliphatic carbocycles. The van der Waals surface area contributed by atoms with E-state index in [9.17, 15) is 0 Å². The van der Waals surface area contributed by atoms with E-state index in [0.29, 0.717) is 34.9 Å². The van der Waals surface area contributed by atoms with E-state index in [1.807, 2.05) is 91.0 Å². The summed E-state index contributed by atoms with van der Waals surface area (Å²) >= 11 is 1.76. The first-order valence-electron chi connectivity index (χ1n) is 34.5. The molecule has 11 nitrogen and oxygen atoms in total. The molecule has 0 atom stereocenters. The molecule has 0 saturated carbocycles. The van der Waals surface area contributed by atoms with Gasteiger partial charge in [-0.05, 0) is 112 Å². The molecule has 0 saturated heterocycles. The molecular weight excluding hydrogens is 1300 g/mol. The van der Waals surface area contributed by atoms with Crippen LogP contribution in [0.5, 0.6) is 0 Å². The molecule has 0 unspecified atom stereocenters. The molecule has 22 aromatic rings. The van der Waals surface area contributed by atoms with Gasteiger partial charge >= 0.3 is 0 Å². The highest BCUT2D eigenvalue weighted by Gasteiger charge is 2.26. The summed E-state index contributed by atoms with van der Waals surface area (Å²) in [5, 5.41) is 14.0. The molecule has 0 spiro atoms. The summed E-state index contributed by atoms with van der Waals surface area (Å²) in [6, 6.07) is 104. The lowest BCUT2D eigenvalue weighted by atomic mass is 9.94. The number of nitrogens with zero attached hydrogens (tertiary/aromatic N) is 8. The molecule has 14 aromatic carbocycles. The quantitative estimate of drug-likeness (QED) is 0.136. The Labute approximate surface area is 595 Å². The largest absolute Gasteiger partial charge is 0.456 e. The van der Waals surface area contributed by atoms with Gasteiger partial charge in [0.2, 0.25) is 0 Å². The van der Waals surface area contributed by atoms with Crippen molar-refractivity contribution in [3.8, 4) is 102 Å². The van der Waals surface area contributed by atoms with Gasteiger partial charge in [0.1, 0.15) is 33.5 Å². The summed E-state index contributed by atoms with van der Waals surface area (Å²) in [6.45, 7) is 0. The van der Waals surface area contributed by atoms with Gasteiger partial charge in [0.25, 0.3) is 0 Å². The van der Waals surface area contributed by atoms with Gasteiger partial charge in [-0.25, -0.2) is 39.9 Å². The molecule has 0 aliphatic rings. The molecule has 8 heterocycles. The Morgan fingerprint density at radius 2 is 0.615 bits per heavy atom. The molecule has 22 rings (SSSR count). The molecule has 0 bridgehead atoms. The lowest BCUT2D eigenvalue weighted by Crippen LogP contribution is -2.01. The summed E-state index contributed by atoms with van der Waals surface area (Å²) in [4.78, 5) is 43.0. The maximum absolute atomic E-state index is 7.11. The van der Waals surface area contributed by atoms with Crippen molar-refractivity contribution >= 4 is 141 Å². The van der Waals surface area contributed by atoms with E-state index in [2.05, 4.69) is 212 Å². The average Bonchev–Trinajstić information content (AvgIpc) is 1.53. The third-order valence-corrected chi connectivity index (χ3v) is 21.6. The first-order valence-corrected chi connectivity index (χ1v) is 35.3. The Bertz CT molecular complexity index is 7380. The second kappa shape index (κ2) is 22.8. The minimum atomic E-state index is 0.522. The number of fused-ring (bicyclic) bond motifs is 18. The summed E-state index contributed by atoms with van der Waals surface area (Å²) in [5.74, 6) is 3.37. The van der Waals surface area contributed by atoms with Crippen molar-refractivity contribution in [1.82, 2.24) is 39.9 Å². The zero-order valence-corrected chi connectivity index (χ0v) is 55.9. The van der Waals surface area contributed by atoms with Gasteiger partial charge in [0.05, 0.1) is 33.2 Å². The first kappa shape index (κ1) is 57.9. The highest BCUT2D eigenvalue weighted by molar-refractivity contribution is 7.26. The van der Waals surface area contributed by atoms with Crippen LogP contribution in [0.3, 0.4) is 0 Å². The molecule has 0 fully saturated rings. The van der Waals surface area contributed by atoms with Gasteiger partial charge in [-0.1, -0.05) is 224 Å². The van der Waals surface area contributed by atoms with E-state index in [-0.39, 0.29) is 0 Å². The smallest absolute Gasteiger partial charge is 0.165 e. The standard InChI is InChI=1S/C92H50N8O3S/c1-2-20-52(21-3-1)87-95-90(100-92(98-87)71-33-18-31-62-59-26-12-17-39-78(59)104-86(62)71)64-49-47-61(56-23-5-7-25-58(56)64)83-81-69-45-44-54(50-77(69)103-85(81)66-28-9-14-35-73(66)94-83)51-40-42-53(43-41-51)88-96-89(99-91(97-88)70-32-19-38-76-79(70)67-29-10-15-36-74(67)101-76)63-48-46-60(55-22-4-6-24-57(55)63)82-80-68-30-11-16-37-75(68)102-84(80)65-27-8-13-34-72(65)93-82/h1-50H. The van der Waals surface area contributed by atoms with Crippen LogP contribution in [0.4, 0.5) is 0 Å². The van der Waals surface area contributed by atoms with E-state index in [0.717, 1.165) is 181 Å². The van der Waals surface area contributed by atoms with Gasteiger partial charge in [0, 0.05) is 97.0 Å². The number of aromatic nitrogens is 8. The van der Waals surface area contributed by atoms with Crippen LogP contribution in [0.25, 0.3) is 231 Å². The average molecular weight is 1350 g/mol. The van der Waals surface area contributed by atoms with Crippen LogP contribution in [0, 0.1) is 0 Å². The summed E-state index contributed by atoms with van der Waals surface area (Å²) in [7, 11) is 0. The van der Waals surface area contributed by atoms with Crippen LogP contribution < -0.4 is 0 Å². The molecular formula is C92H50N8O3S. The van der Waals surface area contributed by atoms with Gasteiger partial charge < -0.3 is 13.3 Å². The van der Waals surface area contributed by atoms with Crippen LogP contribution in [0.2, 0.25) is 0 Å². The molecule has 482 valence electrons. The Balaban J connectivity index is 0.664. The highest BCUT2D eigenvalue weighted by Crippen LogP contribution is 2.48. The minimum absolute atomic E-state index is 0.522. The Hall–Kier alpha value is -13.9. The fraction of sp³-hybridized carbons (Fsp3) is 0. The number of pyridine rings is 2. The van der Waals surface area contributed by atoms with E-state index < -0.39 is 0 Å². The summed E-state index contributed by atoms with van der Waals surface area (Å²) in [6.07, 6.45) is 0. The van der Waals surface area contributed by atoms with E-state index in [1.165, 1.54) is 15.5 Å². The summed E-state index contributed by atoms with van der Waals surface area (Å²) in [5.41, 5.74) is 17.2. The van der Waals surface area contributed by atoms with Crippen molar-refractivity contribution in [3.05, 3.63) is 303 Å². The predicted molar refractivity (Wildman–Crippen MR) is 422 cm³/mol. The van der Waals surface area contributed by atoms with Gasteiger partial charge in [0.15, 0.2) is 34.9 Å². The maximum atomic E-state index is 7.11. The van der Waals surface area contributed by atoms with E-state index >= 15 is 0 Å². The molecule has 0 radical (unpaired) electrons. The van der Waals surface area contributed by atoms with Crippen molar-refractivity contribution in [2.24, 2.45) is 0 Å². The fourth-order valence-corrected chi connectivity index (χ4v) is 16.8. The topological polar surface area (TPSA) is 143 Å². The lowest BCUT2D eigenvalue weighted by Gasteiger charge is -2.14. The molecule has 0 amide bonds. The molecule has 0 N–H and O–H groups in total. The molecule has 104 heavy (non-hydrogen) atoms. The number of thiophene rings is 1. The van der Waals surface area contributed by atoms with E-state index in [4.69, 9.17) is 53.1 Å². The monoisotopic (exact) mass is 1350 g/mol. The molecule has 12 heteroatoms. The fourth-order valence-electron chi connectivity index (χ4n) is 15.6. The zero-order chi connectivity index (χ0) is 68.1. The molecule has 8 aromatic heterocycles. The second-order valence-corrected chi connectivity index (χ2v) is 27.4. The van der Waals surface area contributed by atoms with Crippen molar-refractivity contribution in [1.29, 1.82) is 0 Å². The van der Waals surface area contributed by atoms with Crippen LogP contribution in [-0.4, -0.2) is 39.9 Å². The van der Waals surface area contributed by atoms with E-state index in [1.54, 1.807) is 11.3 Å². The summed E-state index contributed by atoms with van der Waals surface area (Å²) < 4.78 is 22.6. The van der Waals surface area contributed by atoms with Crippen molar-refractivity contribution in [3.63, 3.8) is 0 Å². The highest BCUT2D eigenvalue weighted by atomic mass is 32.1. The number of furan rings is 3. The van der Waals surface area contributed by atoms with Crippen LogP contribution in [0.15, 0.2) is 317 Å². The Morgan fingerprint density at radius 1 is 0.212 bits per heavy atom. The van der Waals surface area contributed by atoms with Gasteiger partial charge in [-0.2, -0.15) is 0 Å². The first-order chi connectivity index (χ1) is 51.5.